The SMILES string of the molecule is Cl.O=C(OC1CCCCCCC1)C1CSC23CC=CC=C2N=CCC13. The van der Waals surface area contributed by atoms with E-state index in [1.165, 1.54) is 32.1 Å². The minimum atomic E-state index is 0. The summed E-state index contributed by atoms with van der Waals surface area (Å²) in [6.45, 7) is 0. The van der Waals surface area contributed by atoms with E-state index in [-0.39, 0.29) is 35.1 Å². The van der Waals surface area contributed by atoms with Crippen LogP contribution in [0.5, 0.6) is 0 Å². The maximum absolute atomic E-state index is 12.9. The lowest BCUT2D eigenvalue weighted by Crippen LogP contribution is -2.41. The number of thioether (sulfide) groups is 1. The number of esters is 1. The zero-order valence-electron chi connectivity index (χ0n) is 14.7. The predicted molar refractivity (Wildman–Crippen MR) is 107 cm³/mol. The summed E-state index contributed by atoms with van der Waals surface area (Å²) in [6.07, 6.45) is 18.9. The molecule has 1 spiro atoms. The fourth-order valence-electron chi connectivity index (χ4n) is 4.70. The van der Waals surface area contributed by atoms with Crippen LogP contribution in [0.1, 0.15) is 57.8 Å². The summed E-state index contributed by atoms with van der Waals surface area (Å²) in [6, 6.07) is 0. The summed E-state index contributed by atoms with van der Waals surface area (Å²) in [5.41, 5.74) is 1.16. The van der Waals surface area contributed by atoms with Crippen molar-refractivity contribution in [1.82, 2.24) is 0 Å². The van der Waals surface area contributed by atoms with Crippen LogP contribution in [0, 0.1) is 11.8 Å². The van der Waals surface area contributed by atoms with Gasteiger partial charge in [-0.3, -0.25) is 9.79 Å². The smallest absolute Gasteiger partial charge is 0.310 e. The Morgan fingerprint density at radius 3 is 2.76 bits per heavy atom. The predicted octanol–water partition coefficient (Wildman–Crippen LogP) is 5.10. The van der Waals surface area contributed by atoms with Crippen molar-refractivity contribution in [3.8, 4) is 0 Å². The normalized spacial score (nSPS) is 34.8. The molecular formula is C20H28ClNO2S. The first-order chi connectivity index (χ1) is 11.8. The van der Waals surface area contributed by atoms with Gasteiger partial charge in [-0.05, 0) is 50.5 Å². The molecule has 1 saturated carbocycles. The first kappa shape index (κ1) is 19.0. The largest absolute Gasteiger partial charge is 0.462 e. The molecule has 3 unspecified atom stereocenters. The number of allylic oxidation sites excluding steroid dienone is 3. The Morgan fingerprint density at radius 1 is 1.20 bits per heavy atom. The number of nitrogens with zero attached hydrogens (tertiary/aromatic N) is 1. The van der Waals surface area contributed by atoms with Crippen LogP contribution in [0.2, 0.25) is 0 Å². The van der Waals surface area contributed by atoms with E-state index in [0.717, 1.165) is 37.1 Å². The van der Waals surface area contributed by atoms with Crippen LogP contribution in [0.25, 0.3) is 0 Å². The third-order valence-corrected chi connectivity index (χ3v) is 7.80. The number of ether oxygens (including phenoxy) is 1. The van der Waals surface area contributed by atoms with Crippen LogP contribution in [0.4, 0.5) is 0 Å². The van der Waals surface area contributed by atoms with E-state index in [1.807, 2.05) is 18.0 Å². The Kier molecular flexibility index (Phi) is 6.32. The Balaban J connectivity index is 0.00000182. The van der Waals surface area contributed by atoms with E-state index in [2.05, 4.69) is 23.2 Å². The van der Waals surface area contributed by atoms with Crippen LogP contribution in [0.15, 0.2) is 28.9 Å². The van der Waals surface area contributed by atoms with Crippen LogP contribution < -0.4 is 0 Å². The highest BCUT2D eigenvalue weighted by atomic mass is 35.5. The summed E-state index contributed by atoms with van der Waals surface area (Å²) < 4.78 is 6.02. The summed E-state index contributed by atoms with van der Waals surface area (Å²) >= 11 is 1.93. The van der Waals surface area contributed by atoms with E-state index in [0.29, 0.717) is 5.92 Å². The van der Waals surface area contributed by atoms with E-state index < -0.39 is 0 Å². The molecule has 2 heterocycles. The zero-order chi connectivity index (χ0) is 16.4. The molecule has 4 aliphatic rings. The number of aliphatic imine (C=N–C) groups is 1. The van der Waals surface area contributed by atoms with Gasteiger partial charge in [-0.1, -0.05) is 31.4 Å². The molecule has 3 atom stereocenters. The van der Waals surface area contributed by atoms with E-state index in [9.17, 15) is 4.79 Å². The van der Waals surface area contributed by atoms with Gasteiger partial charge in [-0.15, -0.1) is 24.2 Å². The van der Waals surface area contributed by atoms with Crippen molar-refractivity contribution in [3.63, 3.8) is 0 Å². The quantitative estimate of drug-likeness (QED) is 0.624. The lowest BCUT2D eigenvalue weighted by molar-refractivity contribution is -0.156. The third-order valence-electron chi connectivity index (χ3n) is 6.08. The van der Waals surface area contributed by atoms with Crippen molar-refractivity contribution in [3.05, 3.63) is 23.9 Å². The average molecular weight is 382 g/mol. The molecule has 0 amide bonds. The Morgan fingerprint density at radius 2 is 1.96 bits per heavy atom. The summed E-state index contributed by atoms with van der Waals surface area (Å²) in [7, 11) is 0. The van der Waals surface area contributed by atoms with Gasteiger partial charge < -0.3 is 4.74 Å². The molecule has 2 aliphatic carbocycles. The highest BCUT2D eigenvalue weighted by molar-refractivity contribution is 8.01. The van der Waals surface area contributed by atoms with Crippen molar-refractivity contribution in [1.29, 1.82) is 0 Å². The lowest BCUT2D eigenvalue weighted by atomic mass is 9.74. The Labute approximate surface area is 161 Å². The molecule has 0 aromatic carbocycles. The summed E-state index contributed by atoms with van der Waals surface area (Å²) in [5.74, 6) is 1.31. The van der Waals surface area contributed by atoms with Crippen molar-refractivity contribution < 1.29 is 9.53 Å². The number of hydrogen-bond acceptors (Lipinski definition) is 4. The minimum absolute atomic E-state index is 0. The molecule has 1 saturated heterocycles. The molecule has 4 rings (SSSR count). The van der Waals surface area contributed by atoms with Crippen LogP contribution in [-0.2, 0) is 9.53 Å². The van der Waals surface area contributed by atoms with E-state index in [1.54, 1.807) is 0 Å². The van der Waals surface area contributed by atoms with Gasteiger partial charge in [-0.25, -0.2) is 0 Å². The second-order valence-corrected chi connectivity index (χ2v) is 8.90. The van der Waals surface area contributed by atoms with Crippen LogP contribution >= 0.6 is 24.2 Å². The maximum atomic E-state index is 12.9. The molecule has 0 N–H and O–H groups in total. The van der Waals surface area contributed by atoms with Gasteiger partial charge >= 0.3 is 5.97 Å². The molecule has 0 aromatic heterocycles. The first-order valence-corrected chi connectivity index (χ1v) is 10.5. The highest BCUT2D eigenvalue weighted by Crippen LogP contribution is 2.57. The average Bonchev–Trinajstić information content (AvgIpc) is 2.95. The lowest BCUT2D eigenvalue weighted by Gasteiger charge is -2.39. The van der Waals surface area contributed by atoms with Gasteiger partial charge in [0, 0.05) is 12.0 Å². The van der Waals surface area contributed by atoms with Gasteiger partial charge in [-0.2, -0.15) is 0 Å². The topological polar surface area (TPSA) is 38.7 Å². The fraction of sp³-hybridized carbons (Fsp3) is 0.700. The molecule has 138 valence electrons. The molecule has 2 aliphatic heterocycles. The second kappa shape index (κ2) is 8.30. The van der Waals surface area contributed by atoms with Crippen LogP contribution in [-0.4, -0.2) is 28.8 Å². The number of halogens is 1. The molecule has 0 aromatic rings. The monoisotopic (exact) mass is 381 g/mol. The van der Waals surface area contributed by atoms with Crippen molar-refractivity contribution in [2.75, 3.05) is 5.75 Å². The molecular weight excluding hydrogens is 354 g/mol. The fourth-order valence-corrected chi connectivity index (χ4v) is 6.50. The van der Waals surface area contributed by atoms with Gasteiger partial charge in [0.1, 0.15) is 6.10 Å². The van der Waals surface area contributed by atoms with Crippen molar-refractivity contribution >= 4 is 36.4 Å². The third kappa shape index (κ3) is 3.71. The molecule has 25 heavy (non-hydrogen) atoms. The molecule has 5 heteroatoms. The van der Waals surface area contributed by atoms with E-state index >= 15 is 0 Å². The Hall–Kier alpha value is -0.740. The minimum Gasteiger partial charge on any atom is -0.462 e. The van der Waals surface area contributed by atoms with Crippen molar-refractivity contribution in [2.45, 2.75) is 68.6 Å². The van der Waals surface area contributed by atoms with Gasteiger partial charge in [0.2, 0.25) is 0 Å². The van der Waals surface area contributed by atoms with Gasteiger partial charge in [0.15, 0.2) is 0 Å². The maximum Gasteiger partial charge on any atom is 0.310 e. The standard InChI is InChI=1S/C20H27NO2S.ClH/c22-19(23-15-8-4-2-1-3-5-9-15)16-14-24-20-12-7-6-10-18(20)21-13-11-17(16)20;/h6-7,10,13,15-17H,1-5,8-9,11-12,14H2;1H. The zero-order valence-corrected chi connectivity index (χ0v) is 16.3. The Bertz CT molecular complexity index is 580. The van der Waals surface area contributed by atoms with E-state index in [4.69, 9.17) is 4.74 Å². The molecule has 3 nitrogen and oxygen atoms in total. The number of rotatable bonds is 2. The number of carbonyl (C=O) groups is 1. The highest BCUT2D eigenvalue weighted by Gasteiger charge is 2.55. The van der Waals surface area contributed by atoms with Crippen LogP contribution in [0.3, 0.4) is 0 Å². The van der Waals surface area contributed by atoms with Gasteiger partial charge in [0.05, 0.1) is 16.4 Å². The summed E-state index contributed by atoms with van der Waals surface area (Å²) in [4.78, 5) is 17.5. The van der Waals surface area contributed by atoms with Crippen molar-refractivity contribution in [2.24, 2.45) is 16.8 Å². The number of hydrogen-bond donors (Lipinski definition) is 0. The molecule has 2 fully saturated rings. The second-order valence-electron chi connectivity index (χ2n) is 7.55. The summed E-state index contributed by atoms with van der Waals surface area (Å²) in [5, 5.41) is 0. The van der Waals surface area contributed by atoms with Gasteiger partial charge in [0.25, 0.3) is 0 Å². The number of carbonyl (C=O) groups excluding carboxylic acids is 1. The molecule has 0 radical (unpaired) electrons. The molecule has 0 bridgehead atoms. The first-order valence-electron chi connectivity index (χ1n) is 9.54.